The molecule has 0 unspecified atom stereocenters. The predicted molar refractivity (Wildman–Crippen MR) is 95.2 cm³/mol. The summed E-state index contributed by atoms with van der Waals surface area (Å²) in [5, 5.41) is 5.20. The molecule has 0 aliphatic heterocycles. The second kappa shape index (κ2) is 7.62. The summed E-state index contributed by atoms with van der Waals surface area (Å²) in [6.45, 7) is 5.30. The number of amides is 2. The van der Waals surface area contributed by atoms with Gasteiger partial charge < -0.3 is 10.6 Å². The molecule has 0 saturated carbocycles. The van der Waals surface area contributed by atoms with Crippen molar-refractivity contribution in [1.82, 2.24) is 14.9 Å². The largest absolute Gasteiger partial charge is 0.350 e. The molecule has 0 fully saturated rings. The first kappa shape index (κ1) is 20.6. The lowest BCUT2D eigenvalue weighted by molar-refractivity contribution is -0.121. The van der Waals surface area contributed by atoms with Crippen LogP contribution in [-0.4, -0.2) is 50.7 Å². The van der Waals surface area contributed by atoms with E-state index in [1.807, 2.05) is 20.8 Å². The Morgan fingerprint density at radius 2 is 1.79 bits per heavy atom. The molecule has 0 aliphatic carbocycles. The second-order valence-corrected chi connectivity index (χ2v) is 9.42. The van der Waals surface area contributed by atoms with E-state index in [4.69, 9.17) is 0 Å². The average molecular weight is 420 g/mol. The summed E-state index contributed by atoms with van der Waals surface area (Å²) in [4.78, 5) is 24.0. The van der Waals surface area contributed by atoms with Gasteiger partial charge in [-0.1, -0.05) is 0 Å². The van der Waals surface area contributed by atoms with Crippen LogP contribution in [0.2, 0.25) is 0 Å². The first-order chi connectivity index (χ1) is 10.8. The number of hydrogen-bond acceptors (Lipinski definition) is 4. The molecule has 0 spiro atoms. The number of hydrogen-bond donors (Lipinski definition) is 2. The molecule has 24 heavy (non-hydrogen) atoms. The SMILES string of the molecule is CN(C)S(=O)(=O)c1ccc(Br)c(C(=O)NCC(=O)NC(C)(C)C)c1. The fourth-order valence-electron chi connectivity index (χ4n) is 1.77. The second-order valence-electron chi connectivity index (χ2n) is 6.41. The monoisotopic (exact) mass is 419 g/mol. The number of halogens is 1. The minimum absolute atomic E-state index is 0.00000643. The zero-order chi connectivity index (χ0) is 18.7. The van der Waals surface area contributed by atoms with Crippen molar-refractivity contribution in [2.24, 2.45) is 0 Å². The van der Waals surface area contributed by atoms with Crippen molar-refractivity contribution in [1.29, 1.82) is 0 Å². The molecule has 0 atom stereocenters. The molecule has 7 nitrogen and oxygen atoms in total. The summed E-state index contributed by atoms with van der Waals surface area (Å²) in [6.07, 6.45) is 0. The van der Waals surface area contributed by atoms with Crippen LogP contribution < -0.4 is 10.6 Å². The van der Waals surface area contributed by atoms with Gasteiger partial charge in [-0.05, 0) is 54.9 Å². The van der Waals surface area contributed by atoms with Crippen LogP contribution in [0.1, 0.15) is 31.1 Å². The maximum absolute atomic E-state index is 12.3. The third-order valence-corrected chi connectivity index (χ3v) is 5.39. The van der Waals surface area contributed by atoms with E-state index in [0.717, 1.165) is 4.31 Å². The summed E-state index contributed by atoms with van der Waals surface area (Å²) in [5.74, 6) is -0.870. The molecule has 0 radical (unpaired) electrons. The molecular formula is C15H22BrN3O4S. The summed E-state index contributed by atoms with van der Waals surface area (Å²) in [7, 11) is -0.830. The van der Waals surface area contributed by atoms with Crippen molar-refractivity contribution < 1.29 is 18.0 Å². The average Bonchev–Trinajstić information content (AvgIpc) is 2.43. The standard InChI is InChI=1S/C15H22BrN3O4S/c1-15(2,3)18-13(20)9-17-14(21)11-8-10(6-7-12(11)16)24(22,23)19(4)5/h6-8H,9H2,1-5H3,(H,17,21)(H,18,20). The van der Waals surface area contributed by atoms with Gasteiger partial charge in [0.25, 0.3) is 5.91 Å². The van der Waals surface area contributed by atoms with Crippen LogP contribution in [0.4, 0.5) is 0 Å². The topological polar surface area (TPSA) is 95.6 Å². The van der Waals surface area contributed by atoms with E-state index in [1.165, 1.54) is 32.3 Å². The summed E-state index contributed by atoms with van der Waals surface area (Å²) in [5.41, 5.74) is -0.260. The van der Waals surface area contributed by atoms with Crippen molar-refractivity contribution in [3.63, 3.8) is 0 Å². The molecule has 0 heterocycles. The first-order valence-electron chi connectivity index (χ1n) is 7.16. The number of carbonyl (C=O) groups excluding carboxylic acids is 2. The molecule has 0 bridgehead atoms. The highest BCUT2D eigenvalue weighted by Crippen LogP contribution is 2.22. The van der Waals surface area contributed by atoms with Crippen molar-refractivity contribution in [3.8, 4) is 0 Å². The summed E-state index contributed by atoms with van der Waals surface area (Å²) < 4.78 is 25.8. The number of nitrogens with zero attached hydrogens (tertiary/aromatic N) is 1. The van der Waals surface area contributed by atoms with Gasteiger partial charge in [0.2, 0.25) is 15.9 Å². The molecular weight excluding hydrogens is 398 g/mol. The van der Waals surface area contributed by atoms with Crippen LogP contribution in [0.5, 0.6) is 0 Å². The lowest BCUT2D eigenvalue weighted by atomic mass is 10.1. The van der Waals surface area contributed by atoms with E-state index < -0.39 is 21.5 Å². The van der Waals surface area contributed by atoms with Crippen LogP contribution in [0.3, 0.4) is 0 Å². The highest BCUT2D eigenvalue weighted by molar-refractivity contribution is 9.10. The van der Waals surface area contributed by atoms with Gasteiger partial charge in [-0.2, -0.15) is 0 Å². The van der Waals surface area contributed by atoms with Gasteiger partial charge in [0.15, 0.2) is 0 Å². The Labute approximate surface area is 151 Å². The third-order valence-electron chi connectivity index (χ3n) is 2.88. The Morgan fingerprint density at radius 3 is 2.29 bits per heavy atom. The third kappa shape index (κ3) is 5.57. The van der Waals surface area contributed by atoms with Crippen LogP contribution in [0.25, 0.3) is 0 Å². The number of nitrogens with one attached hydrogen (secondary N) is 2. The van der Waals surface area contributed by atoms with Gasteiger partial charge in [0, 0.05) is 24.1 Å². The summed E-state index contributed by atoms with van der Waals surface area (Å²) in [6, 6.07) is 4.17. The number of rotatable bonds is 5. The van der Waals surface area contributed by atoms with Gasteiger partial charge in [-0.15, -0.1) is 0 Å². The quantitative estimate of drug-likeness (QED) is 0.752. The molecule has 0 aliphatic rings. The fourth-order valence-corrected chi connectivity index (χ4v) is 3.12. The van der Waals surface area contributed by atoms with Crippen molar-refractivity contribution in [2.75, 3.05) is 20.6 Å². The van der Waals surface area contributed by atoms with Gasteiger partial charge >= 0.3 is 0 Å². The Hall–Kier alpha value is -1.45. The number of sulfonamides is 1. The maximum atomic E-state index is 12.3. The highest BCUT2D eigenvalue weighted by Gasteiger charge is 2.21. The molecule has 0 aromatic heterocycles. The Kier molecular flexibility index (Phi) is 6.54. The van der Waals surface area contributed by atoms with Crippen molar-refractivity contribution >= 4 is 37.8 Å². The van der Waals surface area contributed by atoms with Gasteiger partial charge in [-0.3, -0.25) is 9.59 Å². The van der Waals surface area contributed by atoms with E-state index in [9.17, 15) is 18.0 Å². The van der Waals surface area contributed by atoms with Crippen molar-refractivity contribution in [3.05, 3.63) is 28.2 Å². The normalized spacial score (nSPS) is 12.1. The Bertz CT molecular complexity index is 740. The van der Waals surface area contributed by atoms with Gasteiger partial charge in [0.1, 0.15) is 0 Å². The van der Waals surface area contributed by atoms with E-state index in [0.29, 0.717) is 4.47 Å². The number of carbonyl (C=O) groups is 2. The lowest BCUT2D eigenvalue weighted by Gasteiger charge is -2.20. The molecule has 2 amide bonds. The Morgan fingerprint density at radius 1 is 1.21 bits per heavy atom. The minimum atomic E-state index is -3.65. The van der Waals surface area contributed by atoms with Crippen molar-refractivity contribution in [2.45, 2.75) is 31.2 Å². The van der Waals surface area contributed by atoms with E-state index in [2.05, 4.69) is 26.6 Å². The molecule has 1 aromatic rings. The Balaban J connectivity index is 2.94. The van der Waals surface area contributed by atoms with Crippen LogP contribution in [-0.2, 0) is 14.8 Å². The van der Waals surface area contributed by atoms with E-state index in [-0.39, 0.29) is 22.9 Å². The molecule has 0 saturated heterocycles. The zero-order valence-electron chi connectivity index (χ0n) is 14.3. The molecule has 1 aromatic carbocycles. The van der Waals surface area contributed by atoms with Crippen LogP contribution in [0.15, 0.2) is 27.6 Å². The van der Waals surface area contributed by atoms with Gasteiger partial charge in [-0.25, -0.2) is 12.7 Å². The highest BCUT2D eigenvalue weighted by atomic mass is 79.9. The summed E-state index contributed by atoms with van der Waals surface area (Å²) >= 11 is 3.22. The zero-order valence-corrected chi connectivity index (χ0v) is 16.7. The van der Waals surface area contributed by atoms with E-state index in [1.54, 1.807) is 0 Å². The predicted octanol–water partition coefficient (Wildman–Crippen LogP) is 1.34. The lowest BCUT2D eigenvalue weighted by Crippen LogP contribution is -2.45. The smallest absolute Gasteiger partial charge is 0.252 e. The molecule has 1 rings (SSSR count). The first-order valence-corrected chi connectivity index (χ1v) is 9.39. The molecule has 134 valence electrons. The van der Waals surface area contributed by atoms with E-state index >= 15 is 0 Å². The molecule has 2 N–H and O–H groups in total. The van der Waals surface area contributed by atoms with Crippen LogP contribution >= 0.6 is 15.9 Å². The molecule has 9 heteroatoms. The maximum Gasteiger partial charge on any atom is 0.252 e. The van der Waals surface area contributed by atoms with Gasteiger partial charge in [0.05, 0.1) is 17.0 Å². The van der Waals surface area contributed by atoms with Crippen LogP contribution in [0, 0.1) is 0 Å². The fraction of sp³-hybridized carbons (Fsp3) is 0.467. The minimum Gasteiger partial charge on any atom is -0.350 e. The number of benzene rings is 1.